The summed E-state index contributed by atoms with van der Waals surface area (Å²) in [5, 5.41) is 2.43. The maximum atomic E-state index is 13.6. The Hall–Kier alpha value is -3.42. The molecular weight excluding hydrogens is 379 g/mol. The van der Waals surface area contributed by atoms with Gasteiger partial charge < -0.3 is 19.7 Å². The van der Waals surface area contributed by atoms with Crippen LogP contribution in [0.5, 0.6) is 5.75 Å². The Balaban J connectivity index is 1.78. The third-order valence-electron chi connectivity index (χ3n) is 3.97. The molecule has 2 aromatic rings. The first-order chi connectivity index (χ1) is 13.9. The number of amides is 2. The normalized spacial score (nSPS) is 10.2. The van der Waals surface area contributed by atoms with Gasteiger partial charge in [-0.15, -0.1) is 0 Å². The number of carbonyl (C=O) groups is 3. The lowest BCUT2D eigenvalue weighted by Gasteiger charge is -2.17. The van der Waals surface area contributed by atoms with Crippen LogP contribution >= 0.6 is 0 Å². The number of likely N-dealkylation sites (N-methyl/N-ethyl adjacent to an activating group) is 1. The molecule has 0 fully saturated rings. The fourth-order valence-corrected chi connectivity index (χ4v) is 2.46. The average Bonchev–Trinajstić information content (AvgIpc) is 2.72. The minimum absolute atomic E-state index is 0.0496. The van der Waals surface area contributed by atoms with Gasteiger partial charge >= 0.3 is 5.97 Å². The lowest BCUT2D eigenvalue weighted by atomic mass is 10.2. The molecule has 8 heteroatoms. The van der Waals surface area contributed by atoms with Crippen LogP contribution in [0.1, 0.15) is 22.8 Å². The highest BCUT2D eigenvalue weighted by atomic mass is 19.1. The molecule has 1 N–H and O–H groups in total. The molecule has 0 saturated carbocycles. The van der Waals surface area contributed by atoms with E-state index in [4.69, 9.17) is 9.47 Å². The van der Waals surface area contributed by atoms with Crippen LogP contribution in [0.4, 0.5) is 4.39 Å². The van der Waals surface area contributed by atoms with Crippen molar-refractivity contribution in [3.05, 3.63) is 65.5 Å². The van der Waals surface area contributed by atoms with E-state index in [9.17, 15) is 18.8 Å². The number of nitrogens with zero attached hydrogens (tertiary/aromatic N) is 1. The number of rotatable bonds is 9. The van der Waals surface area contributed by atoms with Crippen LogP contribution in [-0.4, -0.2) is 49.5 Å². The second-order valence-corrected chi connectivity index (χ2v) is 6.11. The lowest BCUT2D eigenvalue weighted by molar-refractivity contribution is -0.150. The van der Waals surface area contributed by atoms with Gasteiger partial charge in [0, 0.05) is 19.2 Å². The van der Waals surface area contributed by atoms with Crippen LogP contribution in [-0.2, 0) is 20.9 Å². The van der Waals surface area contributed by atoms with Crippen LogP contribution in [0.15, 0.2) is 48.5 Å². The van der Waals surface area contributed by atoms with Gasteiger partial charge in [0.05, 0.1) is 12.2 Å². The maximum absolute atomic E-state index is 13.6. The number of carbonyl (C=O) groups excluding carboxylic acids is 3. The van der Waals surface area contributed by atoms with Crippen molar-refractivity contribution in [3.8, 4) is 5.75 Å². The second-order valence-electron chi connectivity index (χ2n) is 6.11. The minimum Gasteiger partial charge on any atom is -0.493 e. The van der Waals surface area contributed by atoms with Crippen LogP contribution in [0.3, 0.4) is 0 Å². The molecule has 2 aromatic carbocycles. The van der Waals surface area contributed by atoms with Crippen molar-refractivity contribution in [2.75, 3.05) is 26.8 Å². The van der Waals surface area contributed by atoms with Crippen LogP contribution in [0.25, 0.3) is 0 Å². The molecule has 0 aromatic heterocycles. The summed E-state index contributed by atoms with van der Waals surface area (Å²) in [6.45, 7) is 1.34. The summed E-state index contributed by atoms with van der Waals surface area (Å²) in [6.07, 6.45) is 0. The molecule has 2 amide bonds. The zero-order valence-corrected chi connectivity index (χ0v) is 16.3. The molecule has 0 radical (unpaired) electrons. The molecule has 0 unspecified atom stereocenters. The van der Waals surface area contributed by atoms with Gasteiger partial charge in [-0.2, -0.15) is 0 Å². The molecule has 0 aliphatic carbocycles. The Morgan fingerprint density at radius 3 is 2.48 bits per heavy atom. The smallest absolute Gasteiger partial charge is 0.325 e. The van der Waals surface area contributed by atoms with Crippen molar-refractivity contribution >= 4 is 17.8 Å². The molecule has 2 rings (SSSR count). The molecule has 7 nitrogen and oxygen atoms in total. The maximum Gasteiger partial charge on any atom is 0.325 e. The van der Waals surface area contributed by atoms with Gasteiger partial charge in [0.1, 0.15) is 18.1 Å². The first-order valence-corrected chi connectivity index (χ1v) is 9.05. The van der Waals surface area contributed by atoms with Crippen molar-refractivity contribution in [1.82, 2.24) is 10.2 Å². The highest BCUT2D eigenvalue weighted by Gasteiger charge is 2.16. The molecule has 0 aliphatic heterocycles. The van der Waals surface area contributed by atoms with E-state index in [0.29, 0.717) is 23.5 Å². The average molecular weight is 402 g/mol. The predicted octanol–water partition coefficient (Wildman–Crippen LogP) is 2.16. The van der Waals surface area contributed by atoms with E-state index in [1.165, 1.54) is 18.0 Å². The highest BCUT2D eigenvalue weighted by Crippen LogP contribution is 2.17. The van der Waals surface area contributed by atoms with E-state index in [-0.39, 0.29) is 6.54 Å². The van der Waals surface area contributed by atoms with Gasteiger partial charge in [-0.05, 0) is 25.1 Å². The molecule has 0 spiro atoms. The largest absolute Gasteiger partial charge is 0.493 e. The molecule has 0 aliphatic rings. The molecule has 29 heavy (non-hydrogen) atoms. The fourth-order valence-electron chi connectivity index (χ4n) is 2.46. The first-order valence-electron chi connectivity index (χ1n) is 9.05. The number of hydrogen-bond acceptors (Lipinski definition) is 5. The van der Waals surface area contributed by atoms with Gasteiger partial charge in [-0.1, -0.05) is 30.3 Å². The molecule has 0 saturated heterocycles. The number of halogens is 1. The summed E-state index contributed by atoms with van der Waals surface area (Å²) in [4.78, 5) is 37.4. The van der Waals surface area contributed by atoms with E-state index in [1.807, 2.05) is 0 Å². The molecule has 154 valence electrons. The summed E-state index contributed by atoms with van der Waals surface area (Å²) in [5.74, 6) is -1.76. The Morgan fingerprint density at radius 2 is 1.76 bits per heavy atom. The highest BCUT2D eigenvalue weighted by molar-refractivity contribution is 5.98. The Kier molecular flexibility index (Phi) is 8.14. The summed E-state index contributed by atoms with van der Waals surface area (Å²) in [6, 6.07) is 12.8. The van der Waals surface area contributed by atoms with Crippen LogP contribution in [0, 0.1) is 5.82 Å². The third kappa shape index (κ3) is 6.60. The summed E-state index contributed by atoms with van der Waals surface area (Å²) < 4.78 is 23.9. The molecule has 0 heterocycles. The van der Waals surface area contributed by atoms with Crippen molar-refractivity contribution in [2.24, 2.45) is 0 Å². The predicted molar refractivity (Wildman–Crippen MR) is 104 cm³/mol. The van der Waals surface area contributed by atoms with Gasteiger partial charge in [0.2, 0.25) is 0 Å². The van der Waals surface area contributed by atoms with Gasteiger partial charge in [0.15, 0.2) is 6.61 Å². The van der Waals surface area contributed by atoms with E-state index >= 15 is 0 Å². The summed E-state index contributed by atoms with van der Waals surface area (Å²) >= 11 is 0. The lowest BCUT2D eigenvalue weighted by Crippen LogP contribution is -2.34. The minimum atomic E-state index is -0.764. The Morgan fingerprint density at radius 1 is 1.07 bits per heavy atom. The van der Waals surface area contributed by atoms with Crippen molar-refractivity contribution < 1.29 is 28.2 Å². The van der Waals surface area contributed by atoms with Crippen molar-refractivity contribution in [1.29, 1.82) is 0 Å². The number of para-hydroxylation sites is 1. The quantitative estimate of drug-likeness (QED) is 0.650. The topological polar surface area (TPSA) is 84.9 Å². The molecule has 0 bridgehead atoms. The van der Waals surface area contributed by atoms with Gasteiger partial charge in [-0.25, -0.2) is 4.39 Å². The summed E-state index contributed by atoms with van der Waals surface area (Å²) in [5.41, 5.74) is 0.651. The number of nitrogens with one attached hydrogen (secondary N) is 1. The first kappa shape index (κ1) is 21.9. The zero-order valence-electron chi connectivity index (χ0n) is 16.3. The fraction of sp³-hybridized carbons (Fsp3) is 0.286. The Bertz CT molecular complexity index is 872. The molecule has 0 atom stereocenters. The summed E-state index contributed by atoms with van der Waals surface area (Å²) in [7, 11) is 1.48. The number of hydrogen-bond donors (Lipinski definition) is 1. The van der Waals surface area contributed by atoms with Crippen molar-refractivity contribution in [2.45, 2.75) is 13.5 Å². The SMILES string of the molecule is CCOc1ccccc1C(=O)NCC(=O)OCC(=O)N(C)Cc1ccccc1F. The van der Waals surface area contributed by atoms with Gasteiger partial charge in [-0.3, -0.25) is 14.4 Å². The molecular formula is C21H23FN2O5. The Labute approximate surface area is 168 Å². The van der Waals surface area contributed by atoms with E-state index < -0.39 is 36.8 Å². The van der Waals surface area contributed by atoms with E-state index in [0.717, 1.165) is 0 Å². The number of benzene rings is 2. The monoisotopic (exact) mass is 402 g/mol. The van der Waals surface area contributed by atoms with Crippen LogP contribution < -0.4 is 10.1 Å². The van der Waals surface area contributed by atoms with Crippen LogP contribution in [0.2, 0.25) is 0 Å². The third-order valence-corrected chi connectivity index (χ3v) is 3.97. The number of ether oxygens (including phenoxy) is 2. The second kappa shape index (κ2) is 10.8. The number of esters is 1. The van der Waals surface area contributed by atoms with E-state index in [1.54, 1.807) is 49.4 Å². The van der Waals surface area contributed by atoms with E-state index in [2.05, 4.69) is 5.32 Å². The van der Waals surface area contributed by atoms with Crippen molar-refractivity contribution in [3.63, 3.8) is 0 Å². The van der Waals surface area contributed by atoms with Gasteiger partial charge in [0.25, 0.3) is 11.8 Å². The zero-order chi connectivity index (χ0) is 21.2. The standard InChI is InChI=1S/C21H23FN2O5/c1-3-28-18-11-7-5-9-16(18)21(27)23-12-20(26)29-14-19(25)24(2)13-15-8-4-6-10-17(15)22/h4-11H,3,12-14H2,1-2H3,(H,23,27).